The zero-order chi connectivity index (χ0) is 29.9. The Labute approximate surface area is 230 Å². The predicted octanol–water partition coefficient (Wildman–Crippen LogP) is 4.63. The van der Waals surface area contributed by atoms with Gasteiger partial charge in [0.15, 0.2) is 0 Å². The molecule has 1 aliphatic rings. The van der Waals surface area contributed by atoms with Crippen LogP contribution in [0, 0.1) is 0 Å². The fourth-order valence-electron chi connectivity index (χ4n) is 4.81. The van der Waals surface area contributed by atoms with Gasteiger partial charge in [0.25, 0.3) is 0 Å². The van der Waals surface area contributed by atoms with E-state index < -0.39 is 6.98 Å². The molecule has 0 unspecified atom stereocenters. The molecule has 1 amide bonds. The number of para-hydroxylation sites is 1. The summed E-state index contributed by atoms with van der Waals surface area (Å²) in [4.78, 5) is 27.2. The number of aromatic nitrogens is 2. The maximum atomic E-state index is 12.3. The van der Waals surface area contributed by atoms with Crippen LogP contribution < -0.4 is 19.9 Å². The van der Waals surface area contributed by atoms with E-state index in [1.165, 1.54) is 16.5 Å². The van der Waals surface area contributed by atoms with Crippen molar-refractivity contribution in [3.63, 3.8) is 0 Å². The van der Waals surface area contributed by atoms with Gasteiger partial charge < -0.3 is 24.8 Å². The molecular weight excluding hydrogens is 476 g/mol. The van der Waals surface area contributed by atoms with Crippen LogP contribution in [0.2, 0.25) is 0 Å². The smallest absolute Gasteiger partial charge is 0.247 e. The summed E-state index contributed by atoms with van der Waals surface area (Å²) >= 11 is 0. The lowest BCUT2D eigenvalue weighted by molar-refractivity contribution is -0.111. The molecule has 2 aromatic carbocycles. The van der Waals surface area contributed by atoms with Crippen molar-refractivity contribution in [3.8, 4) is 5.75 Å². The number of hydrogen-bond donors (Lipinski definition) is 1. The van der Waals surface area contributed by atoms with Crippen LogP contribution in [0.15, 0.2) is 61.3 Å². The first-order valence-corrected chi connectivity index (χ1v) is 12.6. The summed E-state index contributed by atoms with van der Waals surface area (Å²) in [6.45, 7) is 7.36. The van der Waals surface area contributed by atoms with Gasteiger partial charge in [-0.05, 0) is 43.9 Å². The number of benzene rings is 2. The third kappa shape index (κ3) is 5.81. The molecule has 3 aromatic rings. The molecule has 38 heavy (non-hydrogen) atoms. The van der Waals surface area contributed by atoms with E-state index in [2.05, 4.69) is 53.8 Å². The monoisotopic (exact) mass is 517 g/mol. The minimum Gasteiger partial charge on any atom is -0.496 e. The molecule has 0 atom stereocenters. The van der Waals surface area contributed by atoms with Gasteiger partial charge in [0.1, 0.15) is 17.4 Å². The molecule has 200 valence electrons. The number of nitrogens with one attached hydrogen (secondary N) is 1. The number of fused-ring (bicyclic) bond motifs is 1. The Morgan fingerprint density at radius 3 is 2.79 bits per heavy atom. The highest BCUT2D eigenvalue weighted by Crippen LogP contribution is 2.43. The van der Waals surface area contributed by atoms with Gasteiger partial charge in [0.05, 0.1) is 18.5 Å². The lowest BCUT2D eigenvalue weighted by Crippen LogP contribution is -2.29. The fraction of sp³-hybridized carbons (Fsp3) is 0.367. The van der Waals surface area contributed by atoms with Crippen LogP contribution in [-0.4, -0.2) is 68.6 Å². The molecule has 2 heterocycles. The van der Waals surface area contributed by atoms with Gasteiger partial charge in [-0.1, -0.05) is 38.6 Å². The van der Waals surface area contributed by atoms with Crippen molar-refractivity contribution in [2.75, 3.05) is 62.9 Å². The molecule has 0 fully saturated rings. The molecular formula is C30H38N6O2. The van der Waals surface area contributed by atoms with Gasteiger partial charge in [-0.15, -0.1) is 0 Å². The third-order valence-electron chi connectivity index (χ3n) is 6.82. The van der Waals surface area contributed by atoms with Crippen LogP contribution in [0.5, 0.6) is 5.75 Å². The van der Waals surface area contributed by atoms with Crippen LogP contribution >= 0.6 is 0 Å². The first kappa shape index (κ1) is 23.2. The predicted molar refractivity (Wildman–Crippen MR) is 155 cm³/mol. The molecule has 1 aromatic heterocycles. The zero-order valence-electron chi connectivity index (χ0n) is 25.8. The first-order chi connectivity index (χ1) is 19.3. The van der Waals surface area contributed by atoms with Crippen molar-refractivity contribution < 1.29 is 13.6 Å². The number of nitrogens with zero attached hydrogens (tertiary/aromatic N) is 5. The second kappa shape index (κ2) is 11.2. The number of likely N-dealkylation sites (N-methyl/N-ethyl adjacent to an activating group) is 2. The largest absolute Gasteiger partial charge is 0.496 e. The molecule has 4 rings (SSSR count). The number of carbonyl (C=O) groups is 1. The number of hydrogen-bond acceptors (Lipinski definition) is 7. The standard InChI is InChI=1S/C30H38N6O2/c1-8-29(37)32-23-17-21(26(38-7)19-25(23)35(6)16-15-34(4)5)18-27-31-14-13-28(33-27)36-20-30(2,3)22-11-9-10-12-24(22)36/h8-14,17,19H,1,15-16,18,20H2,2-7H3,(H,32,37)/i4D3. The molecule has 0 radical (unpaired) electrons. The van der Waals surface area contributed by atoms with Crippen LogP contribution in [0.25, 0.3) is 0 Å². The number of methoxy groups -OCH3 is 1. The molecule has 1 aliphatic heterocycles. The van der Waals surface area contributed by atoms with E-state index in [4.69, 9.17) is 13.8 Å². The average molecular weight is 518 g/mol. The summed E-state index contributed by atoms with van der Waals surface area (Å²) < 4.78 is 28.6. The molecule has 0 saturated carbocycles. The molecule has 0 aliphatic carbocycles. The summed E-state index contributed by atoms with van der Waals surface area (Å²) in [5.41, 5.74) is 4.45. The lowest BCUT2D eigenvalue weighted by atomic mass is 9.87. The van der Waals surface area contributed by atoms with Gasteiger partial charge in [0.2, 0.25) is 5.91 Å². The Morgan fingerprint density at radius 1 is 1.26 bits per heavy atom. The average Bonchev–Trinajstić information content (AvgIpc) is 3.22. The van der Waals surface area contributed by atoms with Crippen LogP contribution in [0.1, 0.15) is 34.9 Å². The summed E-state index contributed by atoms with van der Waals surface area (Å²) in [5, 5.41) is 2.88. The summed E-state index contributed by atoms with van der Waals surface area (Å²) in [6, 6.07) is 14.0. The first-order valence-electron chi connectivity index (χ1n) is 14.1. The lowest BCUT2D eigenvalue weighted by Gasteiger charge is -2.26. The van der Waals surface area contributed by atoms with E-state index >= 15 is 0 Å². The molecule has 0 bridgehead atoms. The number of amides is 1. The van der Waals surface area contributed by atoms with E-state index in [0.29, 0.717) is 42.5 Å². The highest BCUT2D eigenvalue weighted by atomic mass is 16.5. The number of rotatable bonds is 10. The second-order valence-electron chi connectivity index (χ2n) is 10.2. The number of anilines is 4. The highest BCUT2D eigenvalue weighted by Gasteiger charge is 2.36. The van der Waals surface area contributed by atoms with Gasteiger partial charge in [-0.25, -0.2) is 9.97 Å². The minimum absolute atomic E-state index is 0.0106. The summed E-state index contributed by atoms with van der Waals surface area (Å²) in [6.07, 6.45) is 3.35. The van der Waals surface area contributed by atoms with Crippen molar-refractivity contribution in [2.24, 2.45) is 0 Å². The molecule has 8 heteroatoms. The van der Waals surface area contributed by atoms with E-state index in [1.54, 1.807) is 20.4 Å². The van der Waals surface area contributed by atoms with Crippen LogP contribution in [0.4, 0.5) is 22.9 Å². The zero-order valence-corrected chi connectivity index (χ0v) is 22.8. The number of ether oxygens (including phenoxy) is 1. The Hall–Kier alpha value is -3.91. The Bertz CT molecular complexity index is 1430. The second-order valence-corrected chi connectivity index (χ2v) is 10.2. The molecule has 0 saturated heterocycles. The quantitative estimate of drug-likeness (QED) is 0.393. The van der Waals surface area contributed by atoms with E-state index in [0.717, 1.165) is 23.6 Å². The van der Waals surface area contributed by atoms with Crippen LogP contribution in [-0.2, 0) is 16.6 Å². The number of carbonyl (C=O) groups excluding carboxylic acids is 1. The maximum Gasteiger partial charge on any atom is 0.247 e. The van der Waals surface area contributed by atoms with Gasteiger partial charge >= 0.3 is 0 Å². The van der Waals surface area contributed by atoms with E-state index in [1.807, 2.05) is 36.2 Å². The normalized spacial score (nSPS) is 15.3. The molecule has 8 nitrogen and oxygen atoms in total. The fourth-order valence-corrected chi connectivity index (χ4v) is 4.81. The van der Waals surface area contributed by atoms with Crippen LogP contribution in [0.3, 0.4) is 0 Å². The molecule has 1 N–H and O–H groups in total. The van der Waals surface area contributed by atoms with Gasteiger partial charge in [0, 0.05) is 66.1 Å². The third-order valence-corrected chi connectivity index (χ3v) is 6.82. The Balaban J connectivity index is 1.65. The van der Waals surface area contributed by atoms with E-state index in [-0.39, 0.29) is 11.3 Å². The minimum atomic E-state index is -2.19. The van der Waals surface area contributed by atoms with Crippen molar-refractivity contribution >= 4 is 28.8 Å². The van der Waals surface area contributed by atoms with Crippen molar-refractivity contribution in [3.05, 3.63) is 78.3 Å². The highest BCUT2D eigenvalue weighted by molar-refractivity contribution is 6.01. The van der Waals surface area contributed by atoms with Crippen molar-refractivity contribution in [1.29, 1.82) is 0 Å². The maximum absolute atomic E-state index is 12.3. The van der Waals surface area contributed by atoms with Crippen molar-refractivity contribution in [2.45, 2.75) is 25.7 Å². The summed E-state index contributed by atoms with van der Waals surface area (Å²) in [5.74, 6) is 1.68. The topological polar surface area (TPSA) is 73.8 Å². The van der Waals surface area contributed by atoms with E-state index in [9.17, 15) is 4.79 Å². The molecule has 0 spiro atoms. The summed E-state index contributed by atoms with van der Waals surface area (Å²) in [7, 11) is 4.99. The van der Waals surface area contributed by atoms with Gasteiger partial charge in [-0.2, -0.15) is 0 Å². The SMILES string of the molecule is [2H]C([2H])([2H])N(C)CCN(C)c1cc(OC)c(Cc2nccc(N3CC(C)(C)c4ccccc43)n2)cc1NC(=O)C=C. The van der Waals surface area contributed by atoms with Crippen molar-refractivity contribution in [1.82, 2.24) is 14.9 Å². The van der Waals surface area contributed by atoms with Gasteiger partial charge in [-0.3, -0.25) is 4.79 Å². The Kier molecular flexibility index (Phi) is 6.86. The Morgan fingerprint density at radius 2 is 2.05 bits per heavy atom.